The Kier molecular flexibility index (Phi) is 4.18. The van der Waals surface area contributed by atoms with Crippen molar-refractivity contribution in [2.45, 2.75) is 26.2 Å². The van der Waals surface area contributed by atoms with Crippen LogP contribution in [0.2, 0.25) is 0 Å². The Morgan fingerprint density at radius 3 is 3.00 bits per heavy atom. The normalized spacial score (nSPS) is 16.3. The molecular weight excluding hydrogens is 280 g/mol. The number of halogens is 1. The van der Waals surface area contributed by atoms with Gasteiger partial charge in [0.05, 0.1) is 18.9 Å². The third kappa shape index (κ3) is 3.04. The molecule has 0 aliphatic carbocycles. The number of esters is 1. The Labute approximate surface area is 122 Å². The Bertz CT molecular complexity index is 555. The van der Waals surface area contributed by atoms with Crippen LogP contribution in [-0.2, 0) is 14.9 Å². The Balaban J connectivity index is 2.12. The monoisotopic (exact) mass is 296 g/mol. The van der Waals surface area contributed by atoms with Crippen LogP contribution < -0.4 is 10.2 Å². The molecule has 0 aromatic heterocycles. The first kappa shape index (κ1) is 14.7. The van der Waals surface area contributed by atoms with E-state index in [4.69, 9.17) is 21.1 Å². The Morgan fingerprint density at radius 2 is 2.30 bits per heavy atom. The summed E-state index contributed by atoms with van der Waals surface area (Å²) in [5.74, 6) is 0.229. The van der Waals surface area contributed by atoms with Crippen LogP contribution in [0.3, 0.4) is 0 Å². The van der Waals surface area contributed by atoms with Gasteiger partial charge in [0.15, 0.2) is 0 Å². The minimum Gasteiger partial charge on any atom is -0.492 e. The summed E-state index contributed by atoms with van der Waals surface area (Å²) in [5, 5.41) is 3.57. The number of anilines is 1. The molecule has 1 aromatic rings. The summed E-state index contributed by atoms with van der Waals surface area (Å²) >= 11 is 5.72. The van der Waals surface area contributed by atoms with Crippen LogP contribution in [0.15, 0.2) is 23.3 Å². The SMILES string of the molecule is CCOC(=O)C(Cl)=NNc1ccc2c(c1)C(C)(C)CO2. The maximum atomic E-state index is 11.3. The zero-order valence-electron chi connectivity index (χ0n) is 11.7. The molecule has 20 heavy (non-hydrogen) atoms. The van der Waals surface area contributed by atoms with Gasteiger partial charge in [-0.2, -0.15) is 5.10 Å². The van der Waals surface area contributed by atoms with Gasteiger partial charge in [0, 0.05) is 11.0 Å². The molecule has 0 saturated carbocycles. The second-order valence-electron chi connectivity index (χ2n) is 5.12. The van der Waals surface area contributed by atoms with E-state index < -0.39 is 5.97 Å². The second kappa shape index (κ2) is 5.71. The fourth-order valence-electron chi connectivity index (χ4n) is 1.94. The van der Waals surface area contributed by atoms with E-state index in [1.54, 1.807) is 6.92 Å². The lowest BCUT2D eigenvalue weighted by molar-refractivity contribution is -0.134. The minimum absolute atomic E-state index is 0.0400. The highest BCUT2D eigenvalue weighted by atomic mass is 35.5. The number of ether oxygens (including phenoxy) is 2. The molecule has 0 unspecified atom stereocenters. The molecule has 1 aliphatic rings. The number of nitrogens with one attached hydrogen (secondary N) is 1. The maximum absolute atomic E-state index is 11.3. The van der Waals surface area contributed by atoms with Crippen molar-refractivity contribution in [1.82, 2.24) is 0 Å². The number of hydrogen-bond acceptors (Lipinski definition) is 5. The van der Waals surface area contributed by atoms with Gasteiger partial charge in [-0.1, -0.05) is 25.4 Å². The van der Waals surface area contributed by atoms with E-state index in [-0.39, 0.29) is 17.2 Å². The third-order valence-electron chi connectivity index (χ3n) is 3.02. The van der Waals surface area contributed by atoms with Gasteiger partial charge in [0.2, 0.25) is 5.17 Å². The first-order chi connectivity index (χ1) is 9.44. The number of carbonyl (C=O) groups is 1. The van der Waals surface area contributed by atoms with Gasteiger partial charge in [-0.3, -0.25) is 5.43 Å². The van der Waals surface area contributed by atoms with Crippen molar-refractivity contribution in [2.75, 3.05) is 18.6 Å². The fraction of sp³-hybridized carbons (Fsp3) is 0.429. The highest BCUT2D eigenvalue weighted by Gasteiger charge is 2.31. The second-order valence-corrected chi connectivity index (χ2v) is 5.48. The summed E-state index contributed by atoms with van der Waals surface area (Å²) in [6.07, 6.45) is 0. The molecular formula is C14H17ClN2O3. The molecule has 1 N–H and O–H groups in total. The zero-order valence-corrected chi connectivity index (χ0v) is 12.5. The largest absolute Gasteiger partial charge is 0.492 e. The number of fused-ring (bicyclic) bond motifs is 1. The van der Waals surface area contributed by atoms with Crippen LogP contribution in [0.5, 0.6) is 5.75 Å². The molecule has 108 valence electrons. The van der Waals surface area contributed by atoms with Gasteiger partial charge < -0.3 is 9.47 Å². The lowest BCUT2D eigenvalue weighted by Crippen LogP contribution is -2.18. The van der Waals surface area contributed by atoms with Gasteiger partial charge in [0.25, 0.3) is 0 Å². The molecule has 6 heteroatoms. The van der Waals surface area contributed by atoms with Crippen molar-refractivity contribution >= 4 is 28.4 Å². The number of nitrogens with zero attached hydrogens (tertiary/aromatic N) is 1. The highest BCUT2D eigenvalue weighted by Crippen LogP contribution is 2.39. The smallest absolute Gasteiger partial charge is 0.370 e. The van der Waals surface area contributed by atoms with Crippen molar-refractivity contribution < 1.29 is 14.3 Å². The molecule has 0 fully saturated rings. The summed E-state index contributed by atoms with van der Waals surface area (Å²) in [6, 6.07) is 5.64. The van der Waals surface area contributed by atoms with Crippen LogP contribution in [0.4, 0.5) is 5.69 Å². The van der Waals surface area contributed by atoms with Crippen LogP contribution in [-0.4, -0.2) is 24.4 Å². The van der Waals surface area contributed by atoms with E-state index in [9.17, 15) is 4.79 Å². The molecule has 1 aromatic carbocycles. The molecule has 0 saturated heterocycles. The van der Waals surface area contributed by atoms with Crippen molar-refractivity contribution in [3.63, 3.8) is 0 Å². The summed E-state index contributed by atoms with van der Waals surface area (Å²) in [6.45, 7) is 6.83. The molecule has 5 nitrogen and oxygen atoms in total. The van der Waals surface area contributed by atoms with Gasteiger partial charge in [-0.15, -0.1) is 0 Å². The van der Waals surface area contributed by atoms with Crippen LogP contribution in [0.1, 0.15) is 26.3 Å². The van der Waals surface area contributed by atoms with Crippen molar-refractivity contribution in [3.8, 4) is 5.75 Å². The number of carbonyl (C=O) groups excluding carboxylic acids is 1. The Hall–Kier alpha value is -1.75. The first-order valence-corrected chi connectivity index (χ1v) is 6.75. The van der Waals surface area contributed by atoms with E-state index in [2.05, 4.69) is 24.4 Å². The topological polar surface area (TPSA) is 59.9 Å². The van der Waals surface area contributed by atoms with Crippen LogP contribution in [0, 0.1) is 0 Å². The zero-order chi connectivity index (χ0) is 14.8. The van der Waals surface area contributed by atoms with E-state index >= 15 is 0 Å². The summed E-state index contributed by atoms with van der Waals surface area (Å²) in [5.41, 5.74) is 4.55. The van der Waals surface area contributed by atoms with Gasteiger partial charge in [0.1, 0.15) is 5.75 Å². The molecule has 1 heterocycles. The van der Waals surface area contributed by atoms with E-state index in [1.165, 1.54) is 0 Å². The number of hydrazone groups is 1. The van der Waals surface area contributed by atoms with Crippen LogP contribution in [0.25, 0.3) is 0 Å². The number of hydrogen-bond donors (Lipinski definition) is 1. The molecule has 0 spiro atoms. The summed E-state index contributed by atoms with van der Waals surface area (Å²) in [4.78, 5) is 11.3. The predicted molar refractivity (Wildman–Crippen MR) is 78.5 cm³/mol. The molecule has 1 aliphatic heterocycles. The van der Waals surface area contributed by atoms with Crippen molar-refractivity contribution in [1.29, 1.82) is 0 Å². The molecule has 0 atom stereocenters. The minimum atomic E-state index is -0.647. The summed E-state index contributed by atoms with van der Waals surface area (Å²) < 4.78 is 10.3. The third-order valence-corrected chi connectivity index (χ3v) is 3.26. The average molecular weight is 297 g/mol. The van der Waals surface area contributed by atoms with Gasteiger partial charge in [-0.25, -0.2) is 4.79 Å². The summed E-state index contributed by atoms with van der Waals surface area (Å²) in [7, 11) is 0. The van der Waals surface area contributed by atoms with E-state index in [0.29, 0.717) is 6.61 Å². The Morgan fingerprint density at radius 1 is 1.55 bits per heavy atom. The average Bonchev–Trinajstić information content (AvgIpc) is 2.72. The highest BCUT2D eigenvalue weighted by molar-refractivity contribution is 6.82. The molecule has 0 radical (unpaired) electrons. The fourth-order valence-corrected chi connectivity index (χ4v) is 2.04. The molecule has 0 amide bonds. The van der Waals surface area contributed by atoms with Gasteiger partial charge >= 0.3 is 5.97 Å². The molecule has 2 rings (SSSR count). The van der Waals surface area contributed by atoms with Gasteiger partial charge in [-0.05, 0) is 25.1 Å². The number of rotatable bonds is 4. The molecule has 0 bridgehead atoms. The predicted octanol–water partition coefficient (Wildman–Crippen LogP) is 2.88. The standard InChI is InChI=1S/C14H17ClN2O3/c1-4-19-13(18)12(15)17-16-9-5-6-11-10(7-9)14(2,3)8-20-11/h5-7,16H,4,8H2,1-3H3. The first-order valence-electron chi connectivity index (χ1n) is 6.37. The van der Waals surface area contributed by atoms with E-state index in [1.807, 2.05) is 18.2 Å². The van der Waals surface area contributed by atoms with Crippen molar-refractivity contribution in [3.05, 3.63) is 23.8 Å². The van der Waals surface area contributed by atoms with Crippen LogP contribution >= 0.6 is 11.6 Å². The quantitative estimate of drug-likeness (QED) is 0.527. The maximum Gasteiger partial charge on any atom is 0.370 e. The lowest BCUT2D eigenvalue weighted by Gasteiger charge is -2.15. The van der Waals surface area contributed by atoms with E-state index in [0.717, 1.165) is 17.0 Å². The lowest BCUT2D eigenvalue weighted by atomic mass is 9.87. The number of benzene rings is 1. The van der Waals surface area contributed by atoms with Crippen molar-refractivity contribution in [2.24, 2.45) is 5.10 Å².